The third kappa shape index (κ3) is 4.08. The van der Waals surface area contributed by atoms with Crippen LogP contribution in [0.4, 0.5) is 5.69 Å². The largest absolute Gasteiger partial charge is 0.497 e. The van der Waals surface area contributed by atoms with Crippen LogP contribution in [-0.4, -0.2) is 54.0 Å². The summed E-state index contributed by atoms with van der Waals surface area (Å²) in [5.41, 5.74) is 0.236. The van der Waals surface area contributed by atoms with Crippen LogP contribution in [0.15, 0.2) is 46.2 Å². The number of piperazine rings is 1. The highest BCUT2D eigenvalue weighted by Crippen LogP contribution is 2.20. The normalized spacial score (nSPS) is 20.6. The molecule has 26 heavy (non-hydrogen) atoms. The zero-order chi connectivity index (χ0) is 18.5. The zero-order valence-corrected chi connectivity index (χ0v) is 14.7. The molecule has 0 aromatic carbocycles. The maximum atomic E-state index is 12.6. The fraction of sp³-hybridized carbons (Fsp3) is 0.444. The molecule has 1 saturated heterocycles. The van der Waals surface area contributed by atoms with Crippen LogP contribution in [0.25, 0.3) is 0 Å². The number of allylic oxidation sites excluding steroid dienone is 2. The monoisotopic (exact) mass is 358 g/mol. The predicted octanol–water partition coefficient (Wildman–Crippen LogP) is 1.52. The molecule has 1 amide bonds. The molecular weight excluding hydrogens is 336 g/mol. The van der Waals surface area contributed by atoms with Gasteiger partial charge in [0.2, 0.25) is 11.3 Å². The van der Waals surface area contributed by atoms with Crippen molar-refractivity contribution >= 4 is 11.6 Å². The Bertz CT molecular complexity index is 791. The Morgan fingerprint density at radius 3 is 2.69 bits per heavy atom. The maximum Gasteiger partial charge on any atom is 0.229 e. The molecule has 8 heteroatoms. The lowest BCUT2D eigenvalue weighted by atomic mass is 9.98. The average molecular weight is 358 g/mol. The first-order valence-corrected chi connectivity index (χ1v) is 8.59. The summed E-state index contributed by atoms with van der Waals surface area (Å²) in [6.45, 7) is 3.35. The first-order chi connectivity index (χ1) is 12.6. The first-order valence-electron chi connectivity index (χ1n) is 8.59. The van der Waals surface area contributed by atoms with E-state index in [2.05, 4.69) is 15.1 Å². The number of nitrogens with one attached hydrogen (secondary N) is 1. The van der Waals surface area contributed by atoms with Gasteiger partial charge in [-0.1, -0.05) is 6.08 Å². The van der Waals surface area contributed by atoms with Crippen molar-refractivity contribution in [3.05, 3.63) is 57.1 Å². The summed E-state index contributed by atoms with van der Waals surface area (Å²) in [5.74, 6) is 0.811. The molecule has 0 radical (unpaired) electrons. The predicted molar refractivity (Wildman–Crippen MR) is 96.7 cm³/mol. The molecule has 1 aliphatic carbocycles. The number of pyridine rings is 1. The van der Waals surface area contributed by atoms with Gasteiger partial charge in [0.15, 0.2) is 5.69 Å². The summed E-state index contributed by atoms with van der Waals surface area (Å²) in [6, 6.07) is 1.40. The molecule has 0 saturated carbocycles. The van der Waals surface area contributed by atoms with E-state index in [4.69, 9.17) is 4.74 Å². The van der Waals surface area contributed by atoms with Gasteiger partial charge in [-0.2, -0.15) is 0 Å². The highest BCUT2D eigenvalue weighted by molar-refractivity contribution is 5.81. The summed E-state index contributed by atoms with van der Waals surface area (Å²) >= 11 is 0. The van der Waals surface area contributed by atoms with Gasteiger partial charge in [0, 0.05) is 50.7 Å². The Morgan fingerprint density at radius 2 is 2.12 bits per heavy atom. The zero-order valence-electron chi connectivity index (χ0n) is 14.7. The van der Waals surface area contributed by atoms with E-state index in [1.54, 1.807) is 7.11 Å². The number of hydrogen-bond acceptors (Lipinski definition) is 6. The summed E-state index contributed by atoms with van der Waals surface area (Å²) in [5, 5.41) is 2.67. The molecule has 3 rings (SSSR count). The number of aromatic amines is 1. The van der Waals surface area contributed by atoms with Crippen LogP contribution in [0.1, 0.15) is 12.1 Å². The smallest absolute Gasteiger partial charge is 0.229 e. The number of methoxy groups -OCH3 is 1. The summed E-state index contributed by atoms with van der Waals surface area (Å²) in [4.78, 5) is 41.7. The lowest BCUT2D eigenvalue weighted by Gasteiger charge is -2.36. The van der Waals surface area contributed by atoms with Gasteiger partial charge in [0.1, 0.15) is 5.76 Å². The van der Waals surface area contributed by atoms with Gasteiger partial charge in [-0.25, -0.2) is 0 Å². The lowest BCUT2D eigenvalue weighted by Crippen LogP contribution is -2.50. The Hall–Kier alpha value is -2.74. The van der Waals surface area contributed by atoms with Crippen LogP contribution in [0.5, 0.6) is 0 Å². The minimum Gasteiger partial charge on any atom is -0.497 e. The van der Waals surface area contributed by atoms with Gasteiger partial charge in [0.05, 0.1) is 13.0 Å². The molecule has 1 atom stereocenters. The Labute approximate surface area is 151 Å². The van der Waals surface area contributed by atoms with Crippen molar-refractivity contribution in [3.63, 3.8) is 0 Å². The van der Waals surface area contributed by atoms with E-state index in [-0.39, 0.29) is 22.9 Å². The number of aromatic nitrogens is 1. The van der Waals surface area contributed by atoms with Crippen molar-refractivity contribution in [1.29, 1.82) is 0 Å². The highest BCUT2D eigenvalue weighted by Gasteiger charge is 2.26. The van der Waals surface area contributed by atoms with Crippen LogP contribution in [0, 0.1) is 10.8 Å². The third-order valence-corrected chi connectivity index (χ3v) is 4.75. The molecule has 0 spiro atoms. The van der Waals surface area contributed by atoms with E-state index in [1.807, 2.05) is 23.1 Å². The molecule has 8 nitrogen and oxygen atoms in total. The van der Waals surface area contributed by atoms with E-state index >= 15 is 0 Å². The molecule has 1 aromatic heterocycles. The van der Waals surface area contributed by atoms with Crippen molar-refractivity contribution in [3.8, 4) is 0 Å². The number of hydrogen-bond donors (Lipinski definition) is 1. The van der Waals surface area contributed by atoms with Crippen LogP contribution < -0.4 is 5.43 Å². The summed E-state index contributed by atoms with van der Waals surface area (Å²) in [6.07, 6.45) is 7.68. The van der Waals surface area contributed by atoms with E-state index in [0.717, 1.165) is 24.5 Å². The van der Waals surface area contributed by atoms with E-state index in [1.165, 1.54) is 12.3 Å². The average Bonchev–Trinajstić information content (AvgIpc) is 2.68. The van der Waals surface area contributed by atoms with Crippen molar-refractivity contribution in [2.24, 2.45) is 11.1 Å². The third-order valence-electron chi connectivity index (χ3n) is 4.75. The van der Waals surface area contributed by atoms with E-state index in [0.29, 0.717) is 26.1 Å². The van der Waals surface area contributed by atoms with Gasteiger partial charge in [-0.05, 0) is 23.7 Å². The molecule has 138 valence electrons. The summed E-state index contributed by atoms with van der Waals surface area (Å²) < 4.78 is 5.15. The maximum absolute atomic E-state index is 12.6. The SMILES string of the molecule is COC1=CCC(C(=O)N2CCN(Cc3cc(=O)c(N=O)c[nH]3)CC2)C=C1. The number of rotatable bonds is 5. The number of nitrogens with zero attached hydrogens (tertiary/aromatic N) is 3. The van der Waals surface area contributed by atoms with Crippen molar-refractivity contribution in [2.45, 2.75) is 13.0 Å². The topological polar surface area (TPSA) is 95.1 Å². The molecule has 1 aromatic rings. The molecule has 0 bridgehead atoms. The number of ether oxygens (including phenoxy) is 1. The Morgan fingerprint density at radius 1 is 1.35 bits per heavy atom. The minimum absolute atomic E-state index is 0.115. The van der Waals surface area contributed by atoms with Gasteiger partial charge < -0.3 is 14.6 Å². The van der Waals surface area contributed by atoms with Crippen LogP contribution in [0.2, 0.25) is 0 Å². The van der Waals surface area contributed by atoms with Gasteiger partial charge >= 0.3 is 0 Å². The van der Waals surface area contributed by atoms with Crippen LogP contribution >= 0.6 is 0 Å². The highest BCUT2D eigenvalue weighted by atomic mass is 16.5. The van der Waals surface area contributed by atoms with Crippen molar-refractivity contribution < 1.29 is 9.53 Å². The molecular formula is C18H22N4O4. The van der Waals surface area contributed by atoms with Crippen LogP contribution in [-0.2, 0) is 16.1 Å². The second kappa shape index (κ2) is 8.09. The molecule has 1 N–H and O–H groups in total. The van der Waals surface area contributed by atoms with Gasteiger partial charge in [-0.3, -0.25) is 14.5 Å². The van der Waals surface area contributed by atoms with Crippen LogP contribution in [0.3, 0.4) is 0 Å². The van der Waals surface area contributed by atoms with Gasteiger partial charge in [-0.15, -0.1) is 4.91 Å². The second-order valence-electron chi connectivity index (χ2n) is 6.41. The van der Waals surface area contributed by atoms with Crippen molar-refractivity contribution in [1.82, 2.24) is 14.8 Å². The minimum atomic E-state index is -0.380. The first kappa shape index (κ1) is 18.1. The number of carbonyl (C=O) groups is 1. The quantitative estimate of drug-likeness (QED) is 0.805. The van der Waals surface area contributed by atoms with Crippen molar-refractivity contribution in [2.75, 3.05) is 33.3 Å². The second-order valence-corrected chi connectivity index (χ2v) is 6.41. The van der Waals surface area contributed by atoms with E-state index in [9.17, 15) is 14.5 Å². The fourth-order valence-electron chi connectivity index (χ4n) is 3.21. The summed E-state index contributed by atoms with van der Waals surface area (Å²) in [7, 11) is 1.62. The Kier molecular flexibility index (Phi) is 5.62. The molecule has 2 heterocycles. The molecule has 1 fully saturated rings. The fourth-order valence-corrected chi connectivity index (χ4v) is 3.21. The number of H-pyrrole nitrogens is 1. The number of nitroso groups, excluding NO2 is 1. The lowest BCUT2D eigenvalue weighted by molar-refractivity contribution is -0.135. The molecule has 1 unspecified atom stereocenters. The van der Waals surface area contributed by atoms with E-state index < -0.39 is 0 Å². The number of amides is 1. The standard InChI is InChI=1S/C18H22N4O4/c1-26-15-4-2-13(3-5-15)18(24)22-8-6-21(7-9-22)12-14-10-17(23)16(20-25)11-19-14/h2,4-5,10-11,13H,3,6-9,12H2,1H3,(H,19,23). The number of carbonyl (C=O) groups excluding carboxylic acids is 1. The molecule has 1 aliphatic heterocycles. The molecule has 2 aliphatic rings. The van der Waals surface area contributed by atoms with Gasteiger partial charge in [0.25, 0.3) is 0 Å². The Balaban J connectivity index is 1.51.